The van der Waals surface area contributed by atoms with Crippen LogP contribution in [0.2, 0.25) is 0 Å². The minimum atomic E-state index is -0.656. The van der Waals surface area contributed by atoms with Gasteiger partial charge in [-0.25, -0.2) is 0 Å². The van der Waals surface area contributed by atoms with E-state index in [1.807, 2.05) is 12.1 Å². The van der Waals surface area contributed by atoms with Crippen LogP contribution in [0, 0.1) is 0 Å². The van der Waals surface area contributed by atoms with Gasteiger partial charge < -0.3 is 20.5 Å². The van der Waals surface area contributed by atoms with Crippen molar-refractivity contribution in [2.24, 2.45) is 0 Å². The topological polar surface area (TPSA) is 85.3 Å². The molecule has 102 valence electrons. The van der Waals surface area contributed by atoms with Gasteiger partial charge in [-0.2, -0.15) is 0 Å². The van der Waals surface area contributed by atoms with Crippen LogP contribution in [-0.4, -0.2) is 40.4 Å². The zero-order valence-electron chi connectivity index (χ0n) is 9.78. The number of aliphatic hydroxyl groups excluding tert-OH is 2. The third-order valence-corrected chi connectivity index (χ3v) is 4.59. The van der Waals surface area contributed by atoms with E-state index in [4.69, 9.17) is 10.2 Å². The van der Waals surface area contributed by atoms with Crippen LogP contribution >= 0.6 is 31.9 Å². The Bertz CT molecular complexity index is 608. The fourth-order valence-electron chi connectivity index (χ4n) is 1.72. The largest absolute Gasteiger partial charge is 0.394 e. The SMILES string of the molecule is O=C(NC(CO)CO)c1c[nH]c2cc(Br)c(Br)cc12. The summed E-state index contributed by atoms with van der Waals surface area (Å²) in [7, 11) is 0. The van der Waals surface area contributed by atoms with Gasteiger partial charge in [-0.15, -0.1) is 0 Å². The summed E-state index contributed by atoms with van der Waals surface area (Å²) >= 11 is 6.78. The molecule has 4 N–H and O–H groups in total. The molecule has 0 unspecified atom stereocenters. The molecule has 0 saturated carbocycles. The average molecular weight is 392 g/mol. The van der Waals surface area contributed by atoms with Crippen LogP contribution in [-0.2, 0) is 0 Å². The van der Waals surface area contributed by atoms with E-state index in [1.54, 1.807) is 6.20 Å². The maximum absolute atomic E-state index is 12.1. The van der Waals surface area contributed by atoms with E-state index in [-0.39, 0.29) is 19.1 Å². The second kappa shape index (κ2) is 6.04. The number of fused-ring (bicyclic) bond motifs is 1. The highest BCUT2D eigenvalue weighted by Crippen LogP contribution is 2.30. The summed E-state index contributed by atoms with van der Waals surface area (Å²) in [6, 6.07) is 3.04. The van der Waals surface area contributed by atoms with Gasteiger partial charge in [0.2, 0.25) is 0 Å². The number of hydrogen-bond acceptors (Lipinski definition) is 3. The molecule has 0 aliphatic rings. The Hall–Kier alpha value is -0.890. The van der Waals surface area contributed by atoms with Crippen molar-refractivity contribution in [1.82, 2.24) is 10.3 Å². The van der Waals surface area contributed by atoms with E-state index < -0.39 is 6.04 Å². The predicted molar refractivity (Wildman–Crippen MR) is 79.1 cm³/mol. The first-order chi connectivity index (χ1) is 9.06. The summed E-state index contributed by atoms with van der Waals surface area (Å²) < 4.78 is 1.73. The van der Waals surface area contributed by atoms with Gasteiger partial charge in [0.15, 0.2) is 0 Å². The van der Waals surface area contributed by atoms with Gasteiger partial charge in [0.1, 0.15) is 0 Å². The smallest absolute Gasteiger partial charge is 0.253 e. The van der Waals surface area contributed by atoms with Crippen LogP contribution in [0.1, 0.15) is 10.4 Å². The van der Waals surface area contributed by atoms with Gasteiger partial charge in [-0.05, 0) is 44.0 Å². The zero-order chi connectivity index (χ0) is 14.0. The zero-order valence-corrected chi connectivity index (χ0v) is 13.0. The lowest BCUT2D eigenvalue weighted by Crippen LogP contribution is -2.40. The maximum Gasteiger partial charge on any atom is 0.253 e. The van der Waals surface area contributed by atoms with E-state index in [1.165, 1.54) is 0 Å². The highest BCUT2D eigenvalue weighted by atomic mass is 79.9. The first-order valence-electron chi connectivity index (χ1n) is 5.55. The van der Waals surface area contributed by atoms with Crippen molar-refractivity contribution in [3.63, 3.8) is 0 Å². The van der Waals surface area contributed by atoms with E-state index in [2.05, 4.69) is 42.2 Å². The molecule has 1 heterocycles. The molecule has 1 aromatic heterocycles. The van der Waals surface area contributed by atoms with Crippen molar-refractivity contribution in [3.05, 3.63) is 32.8 Å². The lowest BCUT2D eigenvalue weighted by molar-refractivity contribution is 0.0881. The Morgan fingerprint density at radius 3 is 2.53 bits per heavy atom. The van der Waals surface area contributed by atoms with Crippen LogP contribution in [0.4, 0.5) is 0 Å². The van der Waals surface area contributed by atoms with Crippen molar-refractivity contribution in [2.45, 2.75) is 6.04 Å². The van der Waals surface area contributed by atoms with E-state index in [0.717, 1.165) is 19.8 Å². The Morgan fingerprint density at radius 2 is 1.89 bits per heavy atom. The standard InChI is InChI=1S/C12H12Br2N2O3/c13-9-1-7-8(3-15-11(7)2-10(9)14)12(19)16-6(4-17)5-18/h1-3,6,15,17-18H,4-5H2,(H,16,19). The predicted octanol–water partition coefficient (Wildman–Crippen LogP) is 1.78. The number of aliphatic hydroxyl groups is 2. The lowest BCUT2D eigenvalue weighted by atomic mass is 10.1. The molecule has 5 nitrogen and oxygen atoms in total. The normalized spacial score (nSPS) is 11.2. The third-order valence-electron chi connectivity index (χ3n) is 2.74. The number of aromatic nitrogens is 1. The summed E-state index contributed by atoms with van der Waals surface area (Å²) in [5.41, 5.74) is 1.29. The number of aromatic amines is 1. The minimum absolute atomic E-state index is 0.306. The van der Waals surface area contributed by atoms with E-state index in [0.29, 0.717) is 5.56 Å². The van der Waals surface area contributed by atoms with Gasteiger partial charge in [0, 0.05) is 26.0 Å². The molecule has 0 atom stereocenters. The molecular weight excluding hydrogens is 380 g/mol. The van der Waals surface area contributed by atoms with Crippen LogP contribution in [0.5, 0.6) is 0 Å². The number of hydrogen-bond donors (Lipinski definition) is 4. The van der Waals surface area contributed by atoms with Crippen LogP contribution in [0.3, 0.4) is 0 Å². The van der Waals surface area contributed by atoms with E-state index in [9.17, 15) is 4.79 Å². The summed E-state index contributed by atoms with van der Waals surface area (Å²) in [5, 5.41) is 21.3. The van der Waals surface area contributed by atoms with Crippen LogP contribution in [0.15, 0.2) is 27.3 Å². The molecule has 0 spiro atoms. The molecule has 0 aliphatic heterocycles. The molecule has 0 radical (unpaired) electrons. The maximum atomic E-state index is 12.1. The number of carbonyl (C=O) groups is 1. The minimum Gasteiger partial charge on any atom is -0.394 e. The lowest BCUT2D eigenvalue weighted by Gasteiger charge is -2.12. The third kappa shape index (κ3) is 3.00. The first kappa shape index (κ1) is 14.5. The summed E-state index contributed by atoms with van der Waals surface area (Å²) in [6.45, 7) is -0.611. The van der Waals surface area contributed by atoms with Gasteiger partial charge in [0.25, 0.3) is 5.91 Å². The molecule has 19 heavy (non-hydrogen) atoms. The van der Waals surface area contributed by atoms with Crippen molar-refractivity contribution in [2.75, 3.05) is 13.2 Å². The number of amides is 1. The van der Waals surface area contributed by atoms with E-state index >= 15 is 0 Å². The summed E-state index contributed by atoms with van der Waals surface area (Å²) in [6.07, 6.45) is 1.60. The van der Waals surface area contributed by atoms with Crippen LogP contribution < -0.4 is 5.32 Å². The molecular formula is C12H12Br2N2O3. The number of benzene rings is 1. The first-order valence-corrected chi connectivity index (χ1v) is 7.14. The molecule has 7 heteroatoms. The Kier molecular flexibility index (Phi) is 4.62. The molecule has 1 amide bonds. The highest BCUT2D eigenvalue weighted by molar-refractivity contribution is 9.13. The molecule has 0 bridgehead atoms. The van der Waals surface area contributed by atoms with Crippen molar-refractivity contribution >= 4 is 48.7 Å². The van der Waals surface area contributed by atoms with Crippen molar-refractivity contribution in [1.29, 1.82) is 0 Å². The van der Waals surface area contributed by atoms with Gasteiger partial charge >= 0.3 is 0 Å². The van der Waals surface area contributed by atoms with Crippen molar-refractivity contribution in [3.8, 4) is 0 Å². The van der Waals surface area contributed by atoms with Gasteiger partial charge in [-0.3, -0.25) is 4.79 Å². The fourth-order valence-corrected chi connectivity index (χ4v) is 2.40. The van der Waals surface area contributed by atoms with Crippen LogP contribution in [0.25, 0.3) is 10.9 Å². The number of halogens is 2. The van der Waals surface area contributed by atoms with Gasteiger partial charge in [-0.1, -0.05) is 0 Å². The van der Waals surface area contributed by atoms with Crippen molar-refractivity contribution < 1.29 is 15.0 Å². The Balaban J connectivity index is 2.35. The molecule has 2 aromatic rings. The molecule has 0 aliphatic carbocycles. The highest BCUT2D eigenvalue weighted by Gasteiger charge is 2.16. The second-order valence-corrected chi connectivity index (χ2v) is 5.76. The molecule has 0 saturated heterocycles. The summed E-state index contributed by atoms with van der Waals surface area (Å²) in [4.78, 5) is 15.1. The number of nitrogens with one attached hydrogen (secondary N) is 2. The Morgan fingerprint density at radius 1 is 1.26 bits per heavy atom. The molecule has 1 aromatic carbocycles. The number of rotatable bonds is 4. The fraction of sp³-hybridized carbons (Fsp3) is 0.250. The average Bonchev–Trinajstić information content (AvgIpc) is 2.79. The second-order valence-electron chi connectivity index (χ2n) is 4.05. The monoisotopic (exact) mass is 390 g/mol. The molecule has 2 rings (SSSR count). The summed E-state index contributed by atoms with van der Waals surface area (Å²) in [5.74, 6) is -0.339. The molecule has 0 fully saturated rings. The van der Waals surface area contributed by atoms with Gasteiger partial charge in [0.05, 0.1) is 24.8 Å². The number of H-pyrrole nitrogens is 1. The number of carbonyl (C=O) groups excluding carboxylic acids is 1. The Labute approximate surface area is 126 Å². The quantitative estimate of drug-likeness (QED) is 0.640.